The molecule has 1 aromatic carbocycles. The van der Waals surface area contributed by atoms with Crippen molar-refractivity contribution >= 4 is 11.6 Å². The highest BCUT2D eigenvalue weighted by Crippen LogP contribution is 2.14. The molecule has 2 N–H and O–H groups in total. The van der Waals surface area contributed by atoms with E-state index in [1.54, 1.807) is 0 Å². The standard InChI is InChI=1S/C8H10ClN/c1-6-3-2-4-7(5-6)8(9)10/h2-5,8H,10H2,1H3. The Bertz CT molecular complexity index is 220. The van der Waals surface area contributed by atoms with Gasteiger partial charge < -0.3 is 5.73 Å². The van der Waals surface area contributed by atoms with Gasteiger partial charge in [-0.1, -0.05) is 29.8 Å². The average Bonchev–Trinajstić information content (AvgIpc) is 1.88. The van der Waals surface area contributed by atoms with Crippen molar-refractivity contribution < 1.29 is 0 Å². The molecule has 0 aliphatic carbocycles. The molecule has 1 unspecified atom stereocenters. The van der Waals surface area contributed by atoms with Gasteiger partial charge in [-0.05, 0) is 12.5 Å². The van der Waals surface area contributed by atoms with E-state index in [-0.39, 0.29) is 5.50 Å². The Labute approximate surface area is 65.8 Å². The second-order valence-corrected chi connectivity index (χ2v) is 2.79. The fourth-order valence-electron chi connectivity index (χ4n) is 0.842. The summed E-state index contributed by atoms with van der Waals surface area (Å²) in [5.41, 5.74) is 7.24. The second kappa shape index (κ2) is 3.04. The van der Waals surface area contributed by atoms with E-state index in [4.69, 9.17) is 17.3 Å². The van der Waals surface area contributed by atoms with Crippen molar-refractivity contribution in [3.63, 3.8) is 0 Å². The van der Waals surface area contributed by atoms with Gasteiger partial charge in [-0.15, -0.1) is 11.6 Å². The number of hydrogen-bond donors (Lipinski definition) is 1. The van der Waals surface area contributed by atoms with Gasteiger partial charge in [-0.3, -0.25) is 0 Å². The number of rotatable bonds is 1. The molecule has 0 heterocycles. The molecule has 1 rings (SSSR count). The van der Waals surface area contributed by atoms with Crippen molar-refractivity contribution in [2.45, 2.75) is 12.4 Å². The summed E-state index contributed by atoms with van der Waals surface area (Å²) in [5.74, 6) is 0. The van der Waals surface area contributed by atoms with Crippen molar-refractivity contribution in [3.8, 4) is 0 Å². The monoisotopic (exact) mass is 155 g/mol. The van der Waals surface area contributed by atoms with E-state index in [9.17, 15) is 0 Å². The van der Waals surface area contributed by atoms with Crippen molar-refractivity contribution in [1.29, 1.82) is 0 Å². The van der Waals surface area contributed by atoms with Crippen LogP contribution in [0.15, 0.2) is 24.3 Å². The minimum Gasteiger partial charge on any atom is -0.312 e. The number of hydrogen-bond acceptors (Lipinski definition) is 1. The molecule has 0 aliphatic heterocycles. The summed E-state index contributed by atoms with van der Waals surface area (Å²) in [5, 5.41) is 0. The van der Waals surface area contributed by atoms with E-state index in [1.165, 1.54) is 5.56 Å². The van der Waals surface area contributed by atoms with Crippen LogP contribution in [0.3, 0.4) is 0 Å². The molecular weight excluding hydrogens is 146 g/mol. The van der Waals surface area contributed by atoms with Gasteiger partial charge in [0.1, 0.15) is 5.50 Å². The first-order valence-corrected chi connectivity index (χ1v) is 3.60. The Hall–Kier alpha value is -0.530. The Morgan fingerprint density at radius 2 is 2.20 bits per heavy atom. The van der Waals surface area contributed by atoms with Gasteiger partial charge >= 0.3 is 0 Å². The van der Waals surface area contributed by atoms with Crippen LogP contribution in [0.2, 0.25) is 0 Å². The number of aryl methyl sites for hydroxylation is 1. The zero-order valence-electron chi connectivity index (χ0n) is 5.84. The molecule has 0 aromatic heterocycles. The zero-order chi connectivity index (χ0) is 7.56. The summed E-state index contributed by atoms with van der Waals surface area (Å²) in [6, 6.07) is 7.87. The highest BCUT2D eigenvalue weighted by molar-refractivity contribution is 6.20. The summed E-state index contributed by atoms with van der Waals surface area (Å²) >= 11 is 5.65. The van der Waals surface area contributed by atoms with Crippen molar-refractivity contribution in [3.05, 3.63) is 35.4 Å². The third-order valence-corrected chi connectivity index (χ3v) is 1.61. The summed E-state index contributed by atoms with van der Waals surface area (Å²) in [7, 11) is 0. The predicted octanol–water partition coefficient (Wildman–Crippen LogP) is 2.19. The van der Waals surface area contributed by atoms with Gasteiger partial charge in [-0.2, -0.15) is 0 Å². The van der Waals surface area contributed by atoms with Gasteiger partial charge in [0.2, 0.25) is 0 Å². The first-order chi connectivity index (χ1) is 4.70. The van der Waals surface area contributed by atoms with Crippen LogP contribution < -0.4 is 5.73 Å². The molecule has 2 heteroatoms. The van der Waals surface area contributed by atoms with Crippen molar-refractivity contribution in [2.75, 3.05) is 0 Å². The maximum atomic E-state index is 5.65. The Morgan fingerprint density at radius 1 is 1.50 bits per heavy atom. The SMILES string of the molecule is Cc1cccc(C(N)Cl)c1. The molecule has 0 radical (unpaired) electrons. The molecule has 1 aromatic rings. The molecule has 54 valence electrons. The van der Waals surface area contributed by atoms with E-state index in [0.29, 0.717) is 0 Å². The van der Waals surface area contributed by atoms with E-state index >= 15 is 0 Å². The molecule has 0 bridgehead atoms. The lowest BCUT2D eigenvalue weighted by Crippen LogP contribution is -2.01. The van der Waals surface area contributed by atoms with Crippen LogP contribution in [0.4, 0.5) is 0 Å². The molecule has 0 fully saturated rings. The minimum absolute atomic E-state index is 0.375. The van der Waals surface area contributed by atoms with Crippen LogP contribution >= 0.6 is 11.6 Å². The minimum atomic E-state index is -0.375. The number of benzene rings is 1. The number of alkyl halides is 1. The second-order valence-electron chi connectivity index (χ2n) is 2.32. The van der Waals surface area contributed by atoms with Gasteiger partial charge in [-0.25, -0.2) is 0 Å². The Morgan fingerprint density at radius 3 is 2.60 bits per heavy atom. The summed E-state index contributed by atoms with van der Waals surface area (Å²) in [6.45, 7) is 2.02. The lowest BCUT2D eigenvalue weighted by atomic mass is 10.1. The van der Waals surface area contributed by atoms with Gasteiger partial charge in [0, 0.05) is 0 Å². The van der Waals surface area contributed by atoms with Crippen LogP contribution in [-0.2, 0) is 0 Å². The molecule has 0 amide bonds. The lowest BCUT2D eigenvalue weighted by Gasteiger charge is -2.02. The lowest BCUT2D eigenvalue weighted by molar-refractivity contribution is 1.01. The highest BCUT2D eigenvalue weighted by Gasteiger charge is 1.98. The number of nitrogens with two attached hydrogens (primary N) is 1. The summed E-state index contributed by atoms with van der Waals surface area (Å²) in [4.78, 5) is 0. The average molecular weight is 156 g/mol. The third-order valence-electron chi connectivity index (χ3n) is 1.36. The Kier molecular flexibility index (Phi) is 2.30. The van der Waals surface area contributed by atoms with Gasteiger partial charge in [0.05, 0.1) is 0 Å². The van der Waals surface area contributed by atoms with Crippen molar-refractivity contribution in [2.24, 2.45) is 5.73 Å². The fourth-order valence-corrected chi connectivity index (χ4v) is 0.977. The van der Waals surface area contributed by atoms with Gasteiger partial charge in [0.25, 0.3) is 0 Å². The predicted molar refractivity (Wildman–Crippen MR) is 44.0 cm³/mol. The first-order valence-electron chi connectivity index (χ1n) is 3.16. The quantitative estimate of drug-likeness (QED) is 0.488. The molecule has 1 atom stereocenters. The van der Waals surface area contributed by atoms with Crippen LogP contribution in [0.5, 0.6) is 0 Å². The number of halogens is 1. The smallest absolute Gasteiger partial charge is 0.106 e. The fraction of sp³-hybridized carbons (Fsp3) is 0.250. The molecule has 0 spiro atoms. The zero-order valence-corrected chi connectivity index (χ0v) is 6.60. The summed E-state index contributed by atoms with van der Waals surface area (Å²) in [6.07, 6.45) is 0. The van der Waals surface area contributed by atoms with E-state index in [1.807, 2.05) is 31.2 Å². The molecule has 1 nitrogen and oxygen atoms in total. The van der Waals surface area contributed by atoms with E-state index in [2.05, 4.69) is 0 Å². The first kappa shape index (κ1) is 7.58. The molecule has 0 aliphatic rings. The normalized spacial score (nSPS) is 13.1. The van der Waals surface area contributed by atoms with E-state index < -0.39 is 0 Å². The van der Waals surface area contributed by atoms with Gasteiger partial charge in [0.15, 0.2) is 0 Å². The van der Waals surface area contributed by atoms with Crippen LogP contribution in [-0.4, -0.2) is 0 Å². The van der Waals surface area contributed by atoms with E-state index in [0.717, 1.165) is 5.56 Å². The topological polar surface area (TPSA) is 26.0 Å². The largest absolute Gasteiger partial charge is 0.312 e. The van der Waals surface area contributed by atoms with Crippen LogP contribution in [0.1, 0.15) is 16.6 Å². The molecule has 0 saturated heterocycles. The molecular formula is C8H10ClN. The molecule has 10 heavy (non-hydrogen) atoms. The van der Waals surface area contributed by atoms with Crippen LogP contribution in [0.25, 0.3) is 0 Å². The Balaban J connectivity index is 2.96. The highest BCUT2D eigenvalue weighted by atomic mass is 35.5. The summed E-state index contributed by atoms with van der Waals surface area (Å²) < 4.78 is 0. The molecule has 0 saturated carbocycles. The maximum absolute atomic E-state index is 5.65. The maximum Gasteiger partial charge on any atom is 0.106 e. The van der Waals surface area contributed by atoms with Crippen molar-refractivity contribution in [1.82, 2.24) is 0 Å². The third kappa shape index (κ3) is 1.72. The van der Waals surface area contributed by atoms with Crippen LogP contribution in [0, 0.1) is 6.92 Å².